The third-order valence-electron chi connectivity index (χ3n) is 5.20. The van der Waals surface area contributed by atoms with Crippen LogP contribution in [0.2, 0.25) is 0 Å². The maximum absolute atomic E-state index is 10.5. The molecule has 1 aromatic heterocycles. The zero-order valence-electron chi connectivity index (χ0n) is 18.8. The van der Waals surface area contributed by atoms with Crippen molar-refractivity contribution in [1.82, 2.24) is 14.8 Å². The number of ether oxygens (including phenoxy) is 3. The summed E-state index contributed by atoms with van der Waals surface area (Å²) in [5.74, 6) is 3.36. The maximum Gasteiger partial charge on any atom is 0.192 e. The summed E-state index contributed by atoms with van der Waals surface area (Å²) in [6.07, 6.45) is -0.978. The van der Waals surface area contributed by atoms with Crippen molar-refractivity contribution in [3.05, 3.63) is 59.9 Å². The number of nitrogens with zero attached hydrogens (tertiary/aromatic N) is 3. The molecule has 0 fully saturated rings. The number of hydrogen-bond acceptors (Lipinski definition) is 7. The maximum atomic E-state index is 10.5. The lowest BCUT2D eigenvalue weighted by Gasteiger charge is -2.25. The number of aliphatic hydroxyl groups excluding tert-OH is 1. The van der Waals surface area contributed by atoms with Gasteiger partial charge < -0.3 is 23.9 Å². The van der Waals surface area contributed by atoms with Gasteiger partial charge in [0.25, 0.3) is 0 Å². The van der Waals surface area contributed by atoms with E-state index in [1.807, 2.05) is 54.1 Å². The fraction of sp³-hybridized carbons (Fsp3) is 0.417. The van der Waals surface area contributed by atoms with Crippen LogP contribution in [0.1, 0.15) is 38.3 Å². The molecule has 1 aliphatic rings. The van der Waals surface area contributed by atoms with E-state index in [0.717, 1.165) is 17.1 Å². The van der Waals surface area contributed by atoms with Gasteiger partial charge in [-0.3, -0.25) is 0 Å². The fourth-order valence-corrected chi connectivity index (χ4v) is 4.32. The summed E-state index contributed by atoms with van der Waals surface area (Å²) >= 11 is 1.43. The number of rotatable bonds is 7. The molecule has 2 heterocycles. The Hall–Kier alpha value is -2.71. The van der Waals surface area contributed by atoms with Crippen LogP contribution in [0.25, 0.3) is 0 Å². The monoisotopic (exact) mass is 455 g/mol. The summed E-state index contributed by atoms with van der Waals surface area (Å²) in [7, 11) is 1.89. The number of aliphatic hydroxyl groups is 1. The molecule has 170 valence electrons. The fourth-order valence-electron chi connectivity index (χ4n) is 3.50. The van der Waals surface area contributed by atoms with Crippen LogP contribution in [-0.4, -0.2) is 44.9 Å². The van der Waals surface area contributed by atoms with Crippen molar-refractivity contribution in [2.75, 3.05) is 19.0 Å². The van der Waals surface area contributed by atoms with Gasteiger partial charge in [0.05, 0.1) is 6.10 Å². The van der Waals surface area contributed by atoms with Crippen molar-refractivity contribution >= 4 is 11.8 Å². The third kappa shape index (κ3) is 5.02. The van der Waals surface area contributed by atoms with E-state index in [4.69, 9.17) is 14.2 Å². The van der Waals surface area contributed by atoms with Gasteiger partial charge >= 0.3 is 0 Å². The molecule has 2 unspecified atom stereocenters. The average Bonchev–Trinajstić information content (AvgIpc) is 3.15. The number of thioether (sulfide) groups is 1. The summed E-state index contributed by atoms with van der Waals surface area (Å²) in [4.78, 5) is 0. The largest absolute Gasteiger partial charge is 0.491 e. The van der Waals surface area contributed by atoms with Crippen molar-refractivity contribution in [2.45, 2.75) is 43.6 Å². The molecule has 1 aliphatic heterocycles. The van der Waals surface area contributed by atoms with E-state index in [1.54, 1.807) is 0 Å². The van der Waals surface area contributed by atoms with Crippen LogP contribution in [0.5, 0.6) is 17.2 Å². The minimum atomic E-state index is -0.644. The highest BCUT2D eigenvalue weighted by molar-refractivity contribution is 7.99. The molecule has 2 aromatic carbocycles. The van der Waals surface area contributed by atoms with E-state index < -0.39 is 6.10 Å². The molecule has 1 N–H and O–H groups in total. The Bertz CT molecular complexity index is 1060. The second-order valence-corrected chi connectivity index (χ2v) is 9.77. The highest BCUT2D eigenvalue weighted by atomic mass is 32.2. The highest BCUT2D eigenvalue weighted by Crippen LogP contribution is 2.36. The van der Waals surface area contributed by atoms with Crippen LogP contribution in [-0.2, 0) is 12.5 Å². The zero-order chi connectivity index (χ0) is 22.7. The first-order valence-corrected chi connectivity index (χ1v) is 11.6. The first kappa shape index (κ1) is 22.5. The second kappa shape index (κ2) is 9.42. The van der Waals surface area contributed by atoms with E-state index in [1.165, 1.54) is 11.8 Å². The van der Waals surface area contributed by atoms with E-state index in [9.17, 15) is 5.11 Å². The molecule has 0 spiro atoms. The molecule has 0 radical (unpaired) electrons. The Balaban J connectivity index is 1.33. The van der Waals surface area contributed by atoms with E-state index in [2.05, 4.69) is 37.0 Å². The summed E-state index contributed by atoms with van der Waals surface area (Å²) in [6.45, 7) is 7.02. The molecular weight excluding hydrogens is 426 g/mol. The van der Waals surface area contributed by atoms with E-state index in [-0.39, 0.29) is 18.1 Å². The van der Waals surface area contributed by atoms with Crippen molar-refractivity contribution in [3.8, 4) is 17.2 Å². The van der Waals surface area contributed by atoms with E-state index in [0.29, 0.717) is 29.1 Å². The molecule has 4 rings (SSSR count). The van der Waals surface area contributed by atoms with Gasteiger partial charge in [-0.05, 0) is 29.2 Å². The number of para-hydroxylation sites is 3. The number of benzene rings is 2. The normalized spacial score (nSPS) is 16.6. The minimum Gasteiger partial charge on any atom is -0.491 e. The van der Waals surface area contributed by atoms with Crippen LogP contribution in [0.3, 0.4) is 0 Å². The van der Waals surface area contributed by atoms with Gasteiger partial charge in [0, 0.05) is 12.8 Å². The molecule has 0 aliphatic carbocycles. The lowest BCUT2D eigenvalue weighted by atomic mass is 9.86. The van der Waals surface area contributed by atoms with Crippen LogP contribution >= 0.6 is 11.8 Å². The molecule has 2 atom stereocenters. The van der Waals surface area contributed by atoms with Crippen LogP contribution in [0.4, 0.5) is 0 Å². The van der Waals surface area contributed by atoms with Crippen LogP contribution in [0.15, 0.2) is 53.7 Å². The number of aromatic nitrogens is 3. The molecule has 0 saturated heterocycles. The van der Waals surface area contributed by atoms with Crippen LogP contribution < -0.4 is 14.2 Å². The van der Waals surface area contributed by atoms with Gasteiger partial charge in [-0.25, -0.2) is 0 Å². The highest BCUT2D eigenvalue weighted by Gasteiger charge is 2.27. The molecular formula is C24H29N3O4S. The molecule has 3 aromatic rings. The Kier molecular flexibility index (Phi) is 6.62. The SMILES string of the molecule is Cn1c(SCC(O)COc2ccccc2C(C)(C)C)nnc1C1COc2ccccc2O1. The van der Waals surface area contributed by atoms with Gasteiger partial charge in [0.15, 0.2) is 28.6 Å². The molecule has 32 heavy (non-hydrogen) atoms. The van der Waals surface area contributed by atoms with Gasteiger partial charge in [-0.1, -0.05) is 62.9 Å². The summed E-state index contributed by atoms with van der Waals surface area (Å²) in [6, 6.07) is 15.5. The van der Waals surface area contributed by atoms with Crippen molar-refractivity contribution < 1.29 is 19.3 Å². The van der Waals surface area contributed by atoms with Gasteiger partial charge in [-0.2, -0.15) is 0 Å². The van der Waals surface area contributed by atoms with Gasteiger partial charge in [-0.15, -0.1) is 10.2 Å². The van der Waals surface area contributed by atoms with Crippen molar-refractivity contribution in [1.29, 1.82) is 0 Å². The third-order valence-corrected chi connectivity index (χ3v) is 6.36. The van der Waals surface area contributed by atoms with Crippen molar-refractivity contribution in [2.24, 2.45) is 7.05 Å². The second-order valence-electron chi connectivity index (χ2n) is 8.79. The Morgan fingerprint density at radius 3 is 2.62 bits per heavy atom. The standard InChI is InChI=1S/C24H29N3O4S/c1-24(2,3)17-9-5-6-10-18(17)29-13-16(28)15-32-23-26-25-22(27(23)4)21-14-30-19-11-7-8-12-20(19)31-21/h5-12,16,21,28H,13-15H2,1-4H3. The minimum absolute atomic E-state index is 0.0310. The summed E-state index contributed by atoms with van der Waals surface area (Å²) in [5.41, 5.74) is 1.09. The lowest BCUT2D eigenvalue weighted by Crippen LogP contribution is -2.24. The smallest absolute Gasteiger partial charge is 0.192 e. The molecule has 0 bridgehead atoms. The Labute approximate surface area is 192 Å². The van der Waals surface area contributed by atoms with Crippen molar-refractivity contribution in [3.63, 3.8) is 0 Å². The summed E-state index contributed by atoms with van der Waals surface area (Å²) in [5, 5.41) is 19.7. The Morgan fingerprint density at radius 1 is 1.12 bits per heavy atom. The van der Waals surface area contributed by atoms with Gasteiger partial charge in [0.1, 0.15) is 19.0 Å². The molecule has 7 nitrogen and oxygen atoms in total. The summed E-state index contributed by atoms with van der Waals surface area (Å²) < 4.78 is 19.6. The quantitative estimate of drug-likeness (QED) is 0.536. The van der Waals surface area contributed by atoms with Gasteiger partial charge in [0.2, 0.25) is 0 Å². The molecule has 0 saturated carbocycles. The molecule has 0 amide bonds. The average molecular weight is 456 g/mol. The number of fused-ring (bicyclic) bond motifs is 1. The Morgan fingerprint density at radius 2 is 1.84 bits per heavy atom. The van der Waals surface area contributed by atoms with Crippen LogP contribution in [0, 0.1) is 0 Å². The molecule has 8 heteroatoms. The zero-order valence-corrected chi connectivity index (χ0v) is 19.6. The van der Waals surface area contributed by atoms with E-state index >= 15 is 0 Å². The topological polar surface area (TPSA) is 78.6 Å². The first-order valence-electron chi connectivity index (χ1n) is 10.6. The first-order chi connectivity index (χ1) is 15.3. The predicted molar refractivity (Wildman–Crippen MR) is 124 cm³/mol. The number of hydrogen-bond donors (Lipinski definition) is 1. The predicted octanol–water partition coefficient (Wildman–Crippen LogP) is 4.16. The lowest BCUT2D eigenvalue weighted by molar-refractivity contribution is 0.0825.